The number of hydrogen-bond donors (Lipinski definition) is 1. The van der Waals surface area contributed by atoms with Gasteiger partial charge in [-0.3, -0.25) is 9.59 Å². The molecule has 4 heteroatoms. The maximum absolute atomic E-state index is 12.4. The summed E-state index contributed by atoms with van der Waals surface area (Å²) in [5.41, 5.74) is 1.87. The monoisotopic (exact) mass is 288 g/mol. The highest BCUT2D eigenvalue weighted by Gasteiger charge is 2.39. The first-order valence-corrected chi connectivity index (χ1v) is 7.60. The quantitative estimate of drug-likeness (QED) is 0.848. The zero-order chi connectivity index (χ0) is 15.6. The van der Waals surface area contributed by atoms with Gasteiger partial charge in [0.05, 0.1) is 18.2 Å². The molecule has 1 aromatic carbocycles. The molecule has 0 radical (unpaired) electrons. The number of hydrogen-bond acceptors (Lipinski definition) is 3. The van der Waals surface area contributed by atoms with Crippen LogP contribution >= 0.6 is 0 Å². The molecule has 0 bridgehead atoms. The number of benzene rings is 1. The van der Waals surface area contributed by atoms with Gasteiger partial charge in [-0.15, -0.1) is 0 Å². The van der Waals surface area contributed by atoms with E-state index in [2.05, 4.69) is 33.0 Å². The van der Waals surface area contributed by atoms with E-state index < -0.39 is 0 Å². The van der Waals surface area contributed by atoms with Crippen molar-refractivity contribution in [3.63, 3.8) is 0 Å². The molecule has 1 aromatic rings. The number of anilines is 1. The number of imide groups is 1. The van der Waals surface area contributed by atoms with Gasteiger partial charge in [-0.05, 0) is 36.1 Å². The van der Waals surface area contributed by atoms with Crippen molar-refractivity contribution >= 4 is 17.5 Å². The summed E-state index contributed by atoms with van der Waals surface area (Å²) in [6, 6.07) is 7.29. The van der Waals surface area contributed by atoms with Crippen LogP contribution in [-0.4, -0.2) is 24.4 Å². The number of nitrogens with one attached hydrogen (secondary N) is 1. The van der Waals surface area contributed by atoms with Crippen molar-refractivity contribution in [2.24, 2.45) is 5.92 Å². The van der Waals surface area contributed by atoms with E-state index in [1.807, 2.05) is 24.3 Å². The summed E-state index contributed by atoms with van der Waals surface area (Å²) in [7, 11) is 0. The minimum Gasteiger partial charge on any atom is -0.305 e. The minimum atomic E-state index is -0.385. The Balaban J connectivity index is 2.12. The fourth-order valence-corrected chi connectivity index (χ4v) is 2.45. The molecule has 0 spiro atoms. The lowest BCUT2D eigenvalue weighted by Crippen LogP contribution is -2.40. The van der Waals surface area contributed by atoms with E-state index in [1.54, 1.807) is 0 Å². The van der Waals surface area contributed by atoms with E-state index in [0.717, 1.165) is 6.54 Å². The largest absolute Gasteiger partial charge is 0.305 e. The number of carbonyl (C=O) groups is 2. The Morgan fingerprint density at radius 3 is 2.29 bits per heavy atom. The third-order valence-corrected chi connectivity index (χ3v) is 3.74. The third-order valence-electron chi connectivity index (χ3n) is 3.74. The Bertz CT molecular complexity index is 520. The van der Waals surface area contributed by atoms with Gasteiger partial charge in [0.2, 0.25) is 5.91 Å². The fraction of sp³-hybridized carbons (Fsp3) is 0.529. The molecule has 1 saturated heterocycles. The topological polar surface area (TPSA) is 49.4 Å². The molecule has 1 atom stereocenters. The first-order chi connectivity index (χ1) is 9.90. The Labute approximate surface area is 126 Å². The predicted molar refractivity (Wildman–Crippen MR) is 84.3 cm³/mol. The number of rotatable bonds is 5. The molecule has 0 aliphatic carbocycles. The Morgan fingerprint density at radius 2 is 1.76 bits per heavy atom. The molecule has 0 saturated carbocycles. The van der Waals surface area contributed by atoms with Crippen LogP contribution in [0.4, 0.5) is 5.69 Å². The van der Waals surface area contributed by atoms with Crippen molar-refractivity contribution in [2.75, 3.05) is 11.4 Å². The predicted octanol–water partition coefficient (Wildman–Crippen LogP) is 2.69. The molecule has 114 valence electrons. The van der Waals surface area contributed by atoms with Crippen LogP contribution in [0.2, 0.25) is 0 Å². The van der Waals surface area contributed by atoms with E-state index in [4.69, 9.17) is 0 Å². The molecule has 1 aliphatic rings. The van der Waals surface area contributed by atoms with Crippen molar-refractivity contribution in [1.82, 2.24) is 5.32 Å². The van der Waals surface area contributed by atoms with Gasteiger partial charge in [0.1, 0.15) is 0 Å². The summed E-state index contributed by atoms with van der Waals surface area (Å²) in [5.74, 6) is 0.619. The molecule has 21 heavy (non-hydrogen) atoms. The van der Waals surface area contributed by atoms with Crippen LogP contribution in [0.1, 0.15) is 45.6 Å². The lowest BCUT2D eigenvalue weighted by atomic mass is 10.0. The molecule has 1 heterocycles. The summed E-state index contributed by atoms with van der Waals surface area (Å²) >= 11 is 0. The van der Waals surface area contributed by atoms with Crippen molar-refractivity contribution in [1.29, 1.82) is 0 Å². The standard InChI is InChI=1S/C17H24N2O2/c1-11(2)10-18-15-9-16(20)19(17(15)21)14-7-5-13(6-8-14)12(3)4/h5-8,11-12,15,18H,9-10H2,1-4H3. The van der Waals surface area contributed by atoms with E-state index in [9.17, 15) is 9.59 Å². The average molecular weight is 288 g/mol. The number of amides is 2. The van der Waals surface area contributed by atoms with Gasteiger partial charge in [0.25, 0.3) is 5.91 Å². The molecule has 2 rings (SSSR count). The van der Waals surface area contributed by atoms with Gasteiger partial charge in [-0.1, -0.05) is 39.8 Å². The maximum Gasteiger partial charge on any atom is 0.251 e. The van der Waals surface area contributed by atoms with Crippen LogP contribution in [0.25, 0.3) is 0 Å². The van der Waals surface area contributed by atoms with Gasteiger partial charge in [-0.25, -0.2) is 4.90 Å². The Morgan fingerprint density at radius 1 is 1.14 bits per heavy atom. The zero-order valence-electron chi connectivity index (χ0n) is 13.2. The van der Waals surface area contributed by atoms with E-state index >= 15 is 0 Å². The molecule has 1 unspecified atom stereocenters. The molecule has 1 fully saturated rings. The molecule has 1 aliphatic heterocycles. The Hall–Kier alpha value is -1.68. The molecule has 2 amide bonds. The fourth-order valence-electron chi connectivity index (χ4n) is 2.45. The smallest absolute Gasteiger partial charge is 0.251 e. The highest BCUT2D eigenvalue weighted by molar-refractivity contribution is 6.22. The van der Waals surface area contributed by atoms with Crippen molar-refractivity contribution in [2.45, 2.75) is 46.1 Å². The van der Waals surface area contributed by atoms with Crippen molar-refractivity contribution in [3.05, 3.63) is 29.8 Å². The second-order valence-electron chi connectivity index (χ2n) is 6.37. The van der Waals surface area contributed by atoms with Crippen LogP contribution in [-0.2, 0) is 9.59 Å². The first kappa shape index (κ1) is 15.7. The summed E-state index contributed by atoms with van der Waals surface area (Å²) in [5, 5.41) is 3.18. The molecular weight excluding hydrogens is 264 g/mol. The summed E-state index contributed by atoms with van der Waals surface area (Å²) in [4.78, 5) is 25.8. The van der Waals surface area contributed by atoms with Crippen LogP contribution in [0.3, 0.4) is 0 Å². The maximum atomic E-state index is 12.4. The molecule has 4 nitrogen and oxygen atoms in total. The SMILES string of the molecule is CC(C)CNC1CC(=O)N(c2ccc(C(C)C)cc2)C1=O. The lowest BCUT2D eigenvalue weighted by Gasteiger charge is -2.17. The van der Waals surface area contributed by atoms with Crippen molar-refractivity contribution in [3.8, 4) is 0 Å². The average Bonchev–Trinajstić information content (AvgIpc) is 2.71. The second kappa shape index (κ2) is 6.39. The van der Waals surface area contributed by atoms with Crippen LogP contribution in [0.15, 0.2) is 24.3 Å². The van der Waals surface area contributed by atoms with Crippen LogP contribution < -0.4 is 10.2 Å². The third kappa shape index (κ3) is 3.50. The highest BCUT2D eigenvalue weighted by atomic mass is 16.2. The molecule has 1 N–H and O–H groups in total. The normalized spacial score (nSPS) is 19.1. The molecular formula is C17H24N2O2. The van der Waals surface area contributed by atoms with E-state index in [0.29, 0.717) is 17.5 Å². The highest BCUT2D eigenvalue weighted by Crippen LogP contribution is 2.25. The second-order valence-corrected chi connectivity index (χ2v) is 6.37. The zero-order valence-corrected chi connectivity index (χ0v) is 13.2. The van der Waals surface area contributed by atoms with Gasteiger partial charge in [-0.2, -0.15) is 0 Å². The summed E-state index contributed by atoms with van der Waals surface area (Å²) in [6.07, 6.45) is 0.248. The summed E-state index contributed by atoms with van der Waals surface area (Å²) in [6.45, 7) is 9.14. The summed E-state index contributed by atoms with van der Waals surface area (Å²) < 4.78 is 0. The van der Waals surface area contributed by atoms with Crippen molar-refractivity contribution < 1.29 is 9.59 Å². The number of carbonyl (C=O) groups excluding carboxylic acids is 2. The van der Waals surface area contributed by atoms with Crippen LogP contribution in [0.5, 0.6) is 0 Å². The van der Waals surface area contributed by atoms with Crippen LogP contribution in [0, 0.1) is 5.92 Å². The lowest BCUT2D eigenvalue weighted by molar-refractivity contribution is -0.121. The Kier molecular flexibility index (Phi) is 4.78. The van der Waals surface area contributed by atoms with Gasteiger partial charge in [0, 0.05) is 0 Å². The van der Waals surface area contributed by atoms with Gasteiger partial charge < -0.3 is 5.32 Å². The minimum absolute atomic E-state index is 0.126. The van der Waals surface area contributed by atoms with Gasteiger partial charge in [0.15, 0.2) is 0 Å². The molecule has 0 aromatic heterocycles. The first-order valence-electron chi connectivity index (χ1n) is 7.60. The number of nitrogens with zero attached hydrogens (tertiary/aromatic N) is 1. The van der Waals surface area contributed by atoms with E-state index in [-0.39, 0.29) is 24.3 Å². The van der Waals surface area contributed by atoms with Gasteiger partial charge >= 0.3 is 0 Å². The van der Waals surface area contributed by atoms with E-state index in [1.165, 1.54) is 10.5 Å².